The van der Waals surface area contributed by atoms with Crippen molar-refractivity contribution in [2.24, 2.45) is 20.4 Å². The zero-order chi connectivity index (χ0) is 20.1. The Morgan fingerprint density at radius 3 is 1.20 bits per heavy atom. The Morgan fingerprint density at radius 2 is 1.00 bits per heavy atom. The first-order valence-electron chi connectivity index (χ1n) is 6.43. The van der Waals surface area contributed by atoms with Crippen LogP contribution in [-0.2, 0) is 8.85 Å². The molecular weight excluding hydrogens is 398 g/mol. The van der Waals surface area contributed by atoms with E-state index in [0.717, 1.165) is 6.55 Å². The third kappa shape index (κ3) is 10.1. The van der Waals surface area contributed by atoms with Gasteiger partial charge in [-0.25, -0.2) is 0 Å². The summed E-state index contributed by atoms with van der Waals surface area (Å²) in [5.74, 6) is -3.87. The Balaban J connectivity index is 5.65. The third-order valence-electron chi connectivity index (χ3n) is 1.72. The highest BCUT2D eigenvalue weighted by molar-refractivity contribution is 7.13. The van der Waals surface area contributed by atoms with E-state index in [1.165, 1.54) is 27.7 Å². The van der Waals surface area contributed by atoms with Gasteiger partial charge in [0.25, 0.3) is 0 Å². The fourth-order valence-electron chi connectivity index (χ4n) is 0.927. The number of halogens is 7. The van der Waals surface area contributed by atoms with Crippen LogP contribution in [0.4, 0.5) is 26.3 Å². The van der Waals surface area contributed by atoms with Crippen LogP contribution in [-0.4, -0.2) is 43.4 Å². The van der Waals surface area contributed by atoms with Crippen molar-refractivity contribution >= 4 is 42.2 Å². The maximum Gasteiger partial charge on any atom is 0.568 e. The molecule has 0 saturated heterocycles. The topological polar surface area (TPSA) is 67.9 Å². The van der Waals surface area contributed by atoms with Crippen molar-refractivity contribution in [2.75, 3.05) is 0 Å². The summed E-state index contributed by atoms with van der Waals surface area (Å²) in [6.07, 6.45) is -10.3. The number of hydrogen-bond acceptors (Lipinski definition) is 6. The van der Waals surface area contributed by atoms with E-state index in [2.05, 4.69) is 29.3 Å². The molecule has 0 saturated carbocycles. The summed E-state index contributed by atoms with van der Waals surface area (Å²) in [5, 5.41) is 11.9. The van der Waals surface area contributed by atoms with Gasteiger partial charge in [-0.15, -0.1) is 10.2 Å². The zero-order valence-electron chi connectivity index (χ0n) is 13.8. The summed E-state index contributed by atoms with van der Waals surface area (Å²) >= 11 is 5.60. The summed E-state index contributed by atoms with van der Waals surface area (Å²) in [7, 11) is -4.56. The fraction of sp³-hybridized carbons (Fsp3) is 0.636. The van der Waals surface area contributed by atoms with Crippen molar-refractivity contribution in [3.05, 3.63) is 0 Å². The molecule has 0 aliphatic carbocycles. The van der Waals surface area contributed by atoms with Gasteiger partial charge in [-0.3, -0.25) is 0 Å². The molecule has 0 heterocycles. The highest BCUT2D eigenvalue weighted by Crippen LogP contribution is 2.27. The predicted octanol–water partition coefficient (Wildman–Crippen LogP) is 4.54. The van der Waals surface area contributed by atoms with Gasteiger partial charge >= 0.3 is 32.0 Å². The van der Waals surface area contributed by atoms with E-state index >= 15 is 0 Å². The van der Waals surface area contributed by atoms with E-state index in [1.807, 2.05) is 0 Å². The van der Waals surface area contributed by atoms with Crippen molar-refractivity contribution in [1.29, 1.82) is 0 Å². The van der Waals surface area contributed by atoms with E-state index in [-0.39, 0.29) is 11.4 Å². The van der Waals surface area contributed by atoms with E-state index < -0.39 is 32.0 Å². The molecule has 0 spiro atoms. The van der Waals surface area contributed by atoms with Gasteiger partial charge in [0.2, 0.25) is 0 Å². The molecule has 0 aromatic rings. The van der Waals surface area contributed by atoms with Gasteiger partial charge in [0.1, 0.15) is 0 Å². The summed E-state index contributed by atoms with van der Waals surface area (Å²) in [5.41, 5.74) is 0.295. The van der Waals surface area contributed by atoms with Gasteiger partial charge in [0, 0.05) is 18.0 Å². The number of alkyl halides is 6. The predicted molar refractivity (Wildman–Crippen MR) is 84.2 cm³/mol. The number of nitrogens with zero attached hydrogens (tertiary/aromatic N) is 4. The van der Waals surface area contributed by atoms with E-state index in [4.69, 9.17) is 11.1 Å². The lowest BCUT2D eigenvalue weighted by molar-refractivity contribution is -0.0761. The van der Waals surface area contributed by atoms with Crippen molar-refractivity contribution in [1.82, 2.24) is 0 Å². The van der Waals surface area contributed by atoms with Crippen LogP contribution >= 0.6 is 11.1 Å². The van der Waals surface area contributed by atoms with Crippen molar-refractivity contribution in [3.8, 4) is 0 Å². The average molecular weight is 413 g/mol. The molecular formula is C11H15ClF6N4O2Si. The second kappa shape index (κ2) is 8.65. The largest absolute Gasteiger partial charge is 0.568 e. The SMILES string of the molecule is CC(C)=N/N=C(/O[Si](C)(Cl)O/C(=N/N=C(C)C)C(F)(F)F)C(F)(F)F. The van der Waals surface area contributed by atoms with Crippen LogP contribution in [0.25, 0.3) is 0 Å². The first-order chi connectivity index (χ1) is 11.0. The van der Waals surface area contributed by atoms with Crippen LogP contribution in [0.5, 0.6) is 0 Å². The van der Waals surface area contributed by atoms with Crippen LogP contribution in [0.2, 0.25) is 6.55 Å². The van der Waals surface area contributed by atoms with E-state index in [9.17, 15) is 26.3 Å². The molecule has 25 heavy (non-hydrogen) atoms. The molecule has 0 amide bonds. The van der Waals surface area contributed by atoms with Gasteiger partial charge in [-0.2, -0.15) is 36.5 Å². The van der Waals surface area contributed by atoms with Crippen molar-refractivity contribution in [2.45, 2.75) is 46.6 Å². The van der Waals surface area contributed by atoms with Crippen LogP contribution < -0.4 is 0 Å². The lowest BCUT2D eigenvalue weighted by Gasteiger charge is -2.24. The van der Waals surface area contributed by atoms with Gasteiger partial charge in [-0.05, 0) is 27.7 Å². The number of rotatable bonds is 4. The smallest absolute Gasteiger partial charge is 0.482 e. The molecule has 14 heteroatoms. The zero-order valence-corrected chi connectivity index (χ0v) is 15.5. The Hall–Kier alpha value is -1.63. The maximum atomic E-state index is 12.8. The molecule has 6 nitrogen and oxygen atoms in total. The monoisotopic (exact) mass is 412 g/mol. The van der Waals surface area contributed by atoms with Gasteiger partial charge in [-0.1, -0.05) is 11.1 Å². The Labute approximate surface area is 145 Å². The molecule has 0 unspecified atom stereocenters. The first-order valence-corrected chi connectivity index (χ1v) is 9.76. The summed E-state index contributed by atoms with van der Waals surface area (Å²) in [4.78, 5) is 0. The standard InChI is InChI=1S/C11H15ClF6N4O2Si/c1-6(2)19-21-8(10(13,14)15)23-25(5,12)24-9(11(16,17)18)22-20-7(3)4/h1-5H3/b21-8+,22-9+. The second-order valence-corrected chi connectivity index (χ2v) is 9.08. The molecule has 144 valence electrons. The fourth-order valence-corrected chi connectivity index (χ4v) is 2.41. The third-order valence-corrected chi connectivity index (χ3v) is 3.30. The second-order valence-electron chi connectivity index (χ2n) is 4.94. The summed E-state index contributed by atoms with van der Waals surface area (Å²) < 4.78 is 85.7. The van der Waals surface area contributed by atoms with Crippen LogP contribution in [0.1, 0.15) is 27.7 Å². The first kappa shape index (κ1) is 23.4. The lowest BCUT2D eigenvalue weighted by atomic mass is 10.5. The molecule has 0 fully saturated rings. The van der Waals surface area contributed by atoms with Gasteiger partial charge in [0.15, 0.2) is 0 Å². The molecule has 0 aromatic carbocycles. The van der Waals surface area contributed by atoms with Crippen LogP contribution in [0.15, 0.2) is 20.4 Å². The molecule has 0 aromatic heterocycles. The van der Waals surface area contributed by atoms with Gasteiger partial charge in [0.05, 0.1) is 0 Å². The minimum atomic E-state index is -5.14. The maximum absolute atomic E-state index is 12.8. The highest BCUT2D eigenvalue weighted by Gasteiger charge is 2.50. The quantitative estimate of drug-likeness (QED) is 0.170. The highest BCUT2D eigenvalue weighted by atomic mass is 35.6. The van der Waals surface area contributed by atoms with E-state index in [1.54, 1.807) is 0 Å². The minimum absolute atomic E-state index is 0.148. The lowest BCUT2D eigenvalue weighted by Crippen LogP contribution is -2.44. The summed E-state index contributed by atoms with van der Waals surface area (Å²) in [6, 6.07) is 0. The molecule has 0 atom stereocenters. The minimum Gasteiger partial charge on any atom is -0.482 e. The van der Waals surface area contributed by atoms with Crippen LogP contribution in [0.3, 0.4) is 0 Å². The Bertz CT molecular complexity index is 540. The molecule has 0 bridgehead atoms. The normalized spacial score (nSPS) is 14.1. The van der Waals surface area contributed by atoms with Crippen molar-refractivity contribution in [3.63, 3.8) is 0 Å². The Morgan fingerprint density at radius 1 is 0.720 bits per heavy atom. The molecule has 0 aliphatic heterocycles. The van der Waals surface area contributed by atoms with Gasteiger partial charge < -0.3 is 8.85 Å². The molecule has 0 radical (unpaired) electrons. The molecule has 0 aliphatic rings. The van der Waals surface area contributed by atoms with Crippen molar-refractivity contribution < 1.29 is 35.2 Å². The van der Waals surface area contributed by atoms with Crippen LogP contribution in [0, 0.1) is 0 Å². The Kier molecular flexibility index (Phi) is 8.08. The van der Waals surface area contributed by atoms with E-state index in [0.29, 0.717) is 0 Å². The molecule has 0 N–H and O–H groups in total. The molecule has 0 rings (SSSR count). The summed E-state index contributed by atoms with van der Waals surface area (Å²) in [6.45, 7) is 6.15. The average Bonchev–Trinajstić information content (AvgIpc) is 2.36. The number of hydrogen-bond donors (Lipinski definition) is 0.